The van der Waals surface area contributed by atoms with Gasteiger partial charge >= 0.3 is 12.0 Å². The van der Waals surface area contributed by atoms with Crippen LogP contribution < -0.4 is 10.6 Å². The Hall–Kier alpha value is -4.15. The molecule has 1 fully saturated rings. The number of aliphatic hydroxyl groups is 1. The number of hydrogen-bond acceptors (Lipinski definition) is 6. The van der Waals surface area contributed by atoms with E-state index in [9.17, 15) is 19.8 Å². The van der Waals surface area contributed by atoms with E-state index in [1.807, 2.05) is 79.7 Å². The molecule has 4 aromatic carbocycles. The van der Waals surface area contributed by atoms with Crippen molar-refractivity contribution in [3.05, 3.63) is 125 Å². The van der Waals surface area contributed by atoms with Crippen molar-refractivity contribution >= 4 is 23.8 Å². The SMILES string of the molecule is CCNC(=O)NCc1cccc(-c2cccc([C@@H]3O[C@H](CSc4ccc(C(=O)O)cc4)C[C@H](c4ccc(CO)cc4)O3)c2)c1. The van der Waals surface area contributed by atoms with Crippen LogP contribution in [0, 0.1) is 0 Å². The highest BCUT2D eigenvalue weighted by Crippen LogP contribution is 2.40. The number of carboxylic acid groups (broad SMARTS) is 1. The minimum absolute atomic E-state index is 0.0204. The summed E-state index contributed by atoms with van der Waals surface area (Å²) in [6, 6.07) is 30.6. The molecule has 1 saturated heterocycles. The molecule has 0 aliphatic carbocycles. The maximum Gasteiger partial charge on any atom is 0.335 e. The van der Waals surface area contributed by atoms with Crippen molar-refractivity contribution in [1.29, 1.82) is 0 Å². The summed E-state index contributed by atoms with van der Waals surface area (Å²) < 4.78 is 13.1. The number of urea groups is 1. The Morgan fingerprint density at radius 3 is 2.27 bits per heavy atom. The Balaban J connectivity index is 1.35. The quantitative estimate of drug-likeness (QED) is 0.139. The van der Waals surface area contributed by atoms with E-state index in [2.05, 4.69) is 22.8 Å². The van der Waals surface area contributed by atoms with Crippen molar-refractivity contribution in [3.63, 3.8) is 0 Å². The monoisotopic (exact) mass is 612 g/mol. The van der Waals surface area contributed by atoms with Gasteiger partial charge in [-0.05, 0) is 71.1 Å². The molecule has 0 radical (unpaired) electrons. The summed E-state index contributed by atoms with van der Waals surface area (Å²) in [4.78, 5) is 24.1. The van der Waals surface area contributed by atoms with E-state index in [-0.39, 0.29) is 30.4 Å². The number of amides is 2. The highest BCUT2D eigenvalue weighted by molar-refractivity contribution is 7.99. The second-order valence-electron chi connectivity index (χ2n) is 10.5. The lowest BCUT2D eigenvalue weighted by atomic mass is 9.99. The minimum atomic E-state index is -0.947. The number of thioether (sulfide) groups is 1. The molecule has 4 aromatic rings. The van der Waals surface area contributed by atoms with Gasteiger partial charge in [0.1, 0.15) is 0 Å². The first-order valence-electron chi connectivity index (χ1n) is 14.6. The smallest absolute Gasteiger partial charge is 0.335 e. The molecule has 4 N–H and O–H groups in total. The number of carbonyl (C=O) groups excluding carboxylic acids is 1. The molecule has 44 heavy (non-hydrogen) atoms. The largest absolute Gasteiger partial charge is 0.478 e. The van der Waals surface area contributed by atoms with Crippen molar-refractivity contribution in [3.8, 4) is 11.1 Å². The standard InChI is InChI=1S/C35H36N2O6S/c1-2-36-35(41)37-20-24-5-3-6-27(17-24)28-7-4-8-29(18-28)34-42-30(22-44-31-15-13-26(14-16-31)33(39)40)19-32(43-34)25-11-9-23(21-38)10-12-25/h3-18,30,32,34,38H,2,19-22H2,1H3,(H,39,40)(H2,36,37,41)/t30-,32+,34+/m0/s1. The number of ether oxygens (including phenoxy) is 2. The van der Waals surface area contributed by atoms with Crippen molar-refractivity contribution in [2.45, 2.75) is 49.9 Å². The minimum Gasteiger partial charge on any atom is -0.478 e. The molecule has 0 spiro atoms. The summed E-state index contributed by atoms with van der Waals surface area (Å²) >= 11 is 1.62. The lowest BCUT2D eigenvalue weighted by Gasteiger charge is -2.36. The summed E-state index contributed by atoms with van der Waals surface area (Å²) in [7, 11) is 0. The van der Waals surface area contributed by atoms with E-state index in [0.717, 1.165) is 38.3 Å². The maximum absolute atomic E-state index is 11.9. The highest BCUT2D eigenvalue weighted by Gasteiger charge is 2.32. The molecule has 0 bridgehead atoms. The van der Waals surface area contributed by atoms with Crippen LogP contribution in [-0.4, -0.2) is 40.6 Å². The van der Waals surface area contributed by atoms with E-state index < -0.39 is 12.3 Å². The molecule has 0 aromatic heterocycles. The van der Waals surface area contributed by atoms with Crippen LogP contribution in [0.15, 0.2) is 102 Å². The summed E-state index contributed by atoms with van der Waals surface area (Å²) in [6.45, 7) is 2.85. The zero-order chi connectivity index (χ0) is 30.9. The van der Waals surface area contributed by atoms with Crippen molar-refractivity contribution in [1.82, 2.24) is 10.6 Å². The van der Waals surface area contributed by atoms with Gasteiger partial charge < -0.3 is 30.3 Å². The van der Waals surface area contributed by atoms with Crippen LogP contribution in [0.4, 0.5) is 4.79 Å². The molecule has 228 valence electrons. The Morgan fingerprint density at radius 2 is 1.57 bits per heavy atom. The van der Waals surface area contributed by atoms with Crippen molar-refractivity contribution in [2.24, 2.45) is 0 Å². The predicted octanol–water partition coefficient (Wildman–Crippen LogP) is 6.70. The Labute approximate surface area is 261 Å². The first-order valence-corrected chi connectivity index (χ1v) is 15.6. The number of carbonyl (C=O) groups is 2. The van der Waals surface area contributed by atoms with Gasteiger partial charge in [-0.25, -0.2) is 9.59 Å². The lowest BCUT2D eigenvalue weighted by molar-refractivity contribution is -0.245. The molecule has 1 heterocycles. The molecule has 8 nitrogen and oxygen atoms in total. The van der Waals surface area contributed by atoms with Crippen LogP contribution in [0.25, 0.3) is 11.1 Å². The average molecular weight is 613 g/mol. The van der Waals surface area contributed by atoms with Crippen LogP contribution in [0.3, 0.4) is 0 Å². The van der Waals surface area contributed by atoms with Crippen LogP contribution >= 0.6 is 11.8 Å². The second-order valence-corrected chi connectivity index (χ2v) is 11.6. The normalized spacial score (nSPS) is 18.0. The first-order chi connectivity index (χ1) is 21.4. The van der Waals surface area contributed by atoms with Gasteiger partial charge in [-0.15, -0.1) is 11.8 Å². The number of aromatic carboxylic acids is 1. The van der Waals surface area contributed by atoms with Gasteiger partial charge in [0.25, 0.3) is 0 Å². The number of hydrogen-bond donors (Lipinski definition) is 4. The molecule has 3 atom stereocenters. The summed E-state index contributed by atoms with van der Waals surface area (Å²) in [5.74, 6) is -0.282. The van der Waals surface area contributed by atoms with Crippen LogP contribution in [0.5, 0.6) is 0 Å². The Morgan fingerprint density at radius 1 is 0.841 bits per heavy atom. The molecular weight excluding hydrogens is 576 g/mol. The Kier molecular flexibility index (Phi) is 10.7. The number of carboxylic acids is 1. The number of aliphatic hydroxyl groups excluding tert-OH is 1. The third kappa shape index (κ3) is 8.27. The number of nitrogens with one attached hydrogen (secondary N) is 2. The van der Waals surface area contributed by atoms with Gasteiger partial charge in [0.15, 0.2) is 6.29 Å². The molecule has 9 heteroatoms. The third-order valence-corrected chi connectivity index (χ3v) is 8.51. The van der Waals surface area contributed by atoms with Crippen molar-refractivity contribution in [2.75, 3.05) is 12.3 Å². The highest BCUT2D eigenvalue weighted by atomic mass is 32.2. The fourth-order valence-electron chi connectivity index (χ4n) is 5.04. The van der Waals surface area contributed by atoms with Gasteiger partial charge in [0.05, 0.1) is 24.4 Å². The summed E-state index contributed by atoms with van der Waals surface area (Å²) in [5.41, 5.74) is 6.02. The van der Waals surface area contributed by atoms with Crippen LogP contribution in [0.2, 0.25) is 0 Å². The molecule has 2 amide bonds. The molecule has 0 saturated carbocycles. The third-order valence-electron chi connectivity index (χ3n) is 7.36. The zero-order valence-electron chi connectivity index (χ0n) is 24.4. The zero-order valence-corrected chi connectivity index (χ0v) is 25.3. The van der Waals surface area contributed by atoms with E-state index >= 15 is 0 Å². The van der Waals surface area contributed by atoms with E-state index in [1.54, 1.807) is 23.9 Å². The molecule has 1 aliphatic heterocycles. The topological polar surface area (TPSA) is 117 Å². The first kappa shape index (κ1) is 31.3. The average Bonchev–Trinajstić information content (AvgIpc) is 3.07. The van der Waals surface area contributed by atoms with Crippen molar-refractivity contribution < 1.29 is 29.3 Å². The number of rotatable bonds is 11. The molecule has 0 unspecified atom stereocenters. The van der Waals surface area contributed by atoms with Gasteiger partial charge in [0, 0.05) is 35.7 Å². The van der Waals surface area contributed by atoms with Crippen LogP contribution in [0.1, 0.15) is 58.4 Å². The van der Waals surface area contributed by atoms with Gasteiger partial charge in [-0.1, -0.05) is 60.7 Å². The van der Waals surface area contributed by atoms with Gasteiger partial charge in [-0.3, -0.25) is 0 Å². The van der Waals surface area contributed by atoms with E-state index in [1.165, 1.54) is 0 Å². The Bertz CT molecular complexity index is 1560. The van der Waals surface area contributed by atoms with E-state index in [4.69, 9.17) is 9.47 Å². The van der Waals surface area contributed by atoms with Gasteiger partial charge in [0.2, 0.25) is 0 Å². The molecule has 5 rings (SSSR count). The fourth-order valence-corrected chi connectivity index (χ4v) is 5.96. The van der Waals surface area contributed by atoms with Crippen LogP contribution in [-0.2, 0) is 22.6 Å². The predicted molar refractivity (Wildman–Crippen MR) is 170 cm³/mol. The fraction of sp³-hybridized carbons (Fsp3) is 0.257. The lowest BCUT2D eigenvalue weighted by Crippen LogP contribution is -2.34. The summed E-state index contributed by atoms with van der Waals surface area (Å²) in [6.07, 6.45) is -0.300. The number of benzene rings is 4. The molecular formula is C35H36N2O6S. The second kappa shape index (κ2) is 15.0. The summed E-state index contributed by atoms with van der Waals surface area (Å²) in [5, 5.41) is 24.3. The maximum atomic E-state index is 11.9. The molecule has 1 aliphatic rings. The van der Waals surface area contributed by atoms with Gasteiger partial charge in [-0.2, -0.15) is 0 Å². The van der Waals surface area contributed by atoms with E-state index in [0.29, 0.717) is 25.3 Å².